The lowest BCUT2D eigenvalue weighted by atomic mass is 10.2. The van der Waals surface area contributed by atoms with Crippen molar-refractivity contribution >= 4 is 17.5 Å². The highest BCUT2D eigenvalue weighted by molar-refractivity contribution is 6.18. The lowest BCUT2D eigenvalue weighted by Gasteiger charge is -2.19. The van der Waals surface area contributed by atoms with E-state index in [2.05, 4.69) is 5.10 Å². The third-order valence-electron chi connectivity index (χ3n) is 2.49. The summed E-state index contributed by atoms with van der Waals surface area (Å²) in [5, 5.41) is 4.26. The predicted octanol–water partition coefficient (Wildman–Crippen LogP) is 1.68. The van der Waals surface area contributed by atoms with Gasteiger partial charge in [0.15, 0.2) is 0 Å². The Kier molecular flexibility index (Phi) is 4.80. The van der Waals surface area contributed by atoms with Gasteiger partial charge in [-0.3, -0.25) is 9.48 Å². The van der Waals surface area contributed by atoms with Gasteiger partial charge in [0.05, 0.1) is 11.3 Å². The average Bonchev–Trinajstić information content (AvgIpc) is 2.66. The zero-order valence-electron chi connectivity index (χ0n) is 10.0. The number of carbonyl (C=O) groups excluding carboxylic acids is 1. The third-order valence-corrected chi connectivity index (χ3v) is 2.66. The Balaban J connectivity index is 2.93. The number of carbonyl (C=O) groups is 1. The summed E-state index contributed by atoms with van der Waals surface area (Å²) in [6, 6.07) is 0. The fourth-order valence-electron chi connectivity index (χ4n) is 1.65. The first-order valence-electron chi connectivity index (χ1n) is 5.51. The van der Waals surface area contributed by atoms with Crippen LogP contribution in [-0.2, 0) is 13.5 Å². The van der Waals surface area contributed by atoms with Gasteiger partial charge in [-0.2, -0.15) is 5.10 Å². The van der Waals surface area contributed by atoms with E-state index in [-0.39, 0.29) is 5.91 Å². The molecule has 1 rings (SSSR count). The number of alkyl halides is 1. The molecule has 0 bridgehead atoms. The fraction of sp³-hybridized carbons (Fsp3) is 0.636. The van der Waals surface area contributed by atoms with Crippen molar-refractivity contribution in [2.45, 2.75) is 20.3 Å². The highest BCUT2D eigenvalue weighted by Gasteiger charge is 2.19. The molecule has 0 N–H and O–H groups in total. The Morgan fingerprint density at radius 2 is 2.25 bits per heavy atom. The molecule has 0 aliphatic rings. The largest absolute Gasteiger partial charge is 0.338 e. The summed E-state index contributed by atoms with van der Waals surface area (Å²) >= 11 is 5.67. The molecule has 5 heteroatoms. The standard InChI is InChI=1S/C11H18ClN3O/c1-4-10-9(8-14(3)13-10)11(16)15(5-2)7-6-12/h8H,4-7H2,1-3H3. The van der Waals surface area contributed by atoms with E-state index in [1.54, 1.807) is 15.8 Å². The van der Waals surface area contributed by atoms with E-state index in [1.165, 1.54) is 0 Å². The van der Waals surface area contributed by atoms with Gasteiger partial charge in [0, 0.05) is 32.2 Å². The minimum absolute atomic E-state index is 0.0214. The van der Waals surface area contributed by atoms with E-state index in [1.807, 2.05) is 20.9 Å². The Morgan fingerprint density at radius 1 is 1.56 bits per heavy atom. The number of hydrogen-bond acceptors (Lipinski definition) is 2. The molecule has 0 fully saturated rings. The molecular weight excluding hydrogens is 226 g/mol. The monoisotopic (exact) mass is 243 g/mol. The van der Waals surface area contributed by atoms with E-state index in [0.29, 0.717) is 24.5 Å². The molecule has 1 amide bonds. The first-order chi connectivity index (χ1) is 7.63. The molecule has 0 atom stereocenters. The number of rotatable bonds is 5. The van der Waals surface area contributed by atoms with Gasteiger partial charge in [-0.1, -0.05) is 6.92 Å². The molecule has 16 heavy (non-hydrogen) atoms. The summed E-state index contributed by atoms with van der Waals surface area (Å²) in [5.74, 6) is 0.481. The Bertz CT molecular complexity index is 362. The van der Waals surface area contributed by atoms with Crippen LogP contribution in [0.2, 0.25) is 0 Å². The highest BCUT2D eigenvalue weighted by atomic mass is 35.5. The normalized spacial score (nSPS) is 10.5. The average molecular weight is 244 g/mol. The molecule has 0 aliphatic heterocycles. The lowest BCUT2D eigenvalue weighted by Crippen LogP contribution is -2.32. The van der Waals surface area contributed by atoms with Crippen molar-refractivity contribution in [1.82, 2.24) is 14.7 Å². The number of aryl methyl sites for hydroxylation is 2. The maximum absolute atomic E-state index is 12.2. The quantitative estimate of drug-likeness (QED) is 0.738. The Hall–Kier alpha value is -1.03. The van der Waals surface area contributed by atoms with Crippen molar-refractivity contribution in [2.75, 3.05) is 19.0 Å². The first-order valence-corrected chi connectivity index (χ1v) is 6.05. The van der Waals surface area contributed by atoms with E-state index in [4.69, 9.17) is 11.6 Å². The molecule has 90 valence electrons. The second-order valence-electron chi connectivity index (χ2n) is 3.59. The lowest BCUT2D eigenvalue weighted by molar-refractivity contribution is 0.0773. The van der Waals surface area contributed by atoms with Crippen LogP contribution in [0, 0.1) is 0 Å². The maximum Gasteiger partial charge on any atom is 0.257 e. The topological polar surface area (TPSA) is 38.1 Å². The molecule has 0 radical (unpaired) electrons. The van der Waals surface area contributed by atoms with Gasteiger partial charge in [-0.05, 0) is 13.3 Å². The van der Waals surface area contributed by atoms with Crippen LogP contribution >= 0.6 is 11.6 Å². The van der Waals surface area contributed by atoms with E-state index in [0.717, 1.165) is 12.1 Å². The zero-order valence-corrected chi connectivity index (χ0v) is 10.8. The van der Waals surface area contributed by atoms with E-state index in [9.17, 15) is 4.79 Å². The summed E-state index contributed by atoms with van der Waals surface area (Å²) in [6.45, 7) is 5.20. The summed E-state index contributed by atoms with van der Waals surface area (Å²) in [4.78, 5) is 13.9. The second-order valence-corrected chi connectivity index (χ2v) is 3.97. The van der Waals surface area contributed by atoms with E-state index < -0.39 is 0 Å². The van der Waals surface area contributed by atoms with Gasteiger partial charge in [0.1, 0.15) is 0 Å². The third kappa shape index (κ3) is 2.76. The molecule has 0 saturated heterocycles. The molecule has 0 spiro atoms. The van der Waals surface area contributed by atoms with Gasteiger partial charge in [-0.15, -0.1) is 11.6 Å². The summed E-state index contributed by atoms with van der Waals surface area (Å²) in [7, 11) is 1.83. The van der Waals surface area contributed by atoms with Crippen molar-refractivity contribution < 1.29 is 4.79 Å². The fourth-order valence-corrected chi connectivity index (χ4v) is 1.85. The molecule has 0 unspecified atom stereocenters. The number of hydrogen-bond donors (Lipinski definition) is 0. The van der Waals surface area contributed by atoms with Gasteiger partial charge in [-0.25, -0.2) is 0 Å². The van der Waals surface area contributed by atoms with Crippen LogP contribution in [0.1, 0.15) is 29.9 Å². The van der Waals surface area contributed by atoms with Crippen molar-refractivity contribution in [1.29, 1.82) is 0 Å². The van der Waals surface area contributed by atoms with Crippen molar-refractivity contribution in [3.8, 4) is 0 Å². The van der Waals surface area contributed by atoms with Crippen LogP contribution in [0.15, 0.2) is 6.20 Å². The summed E-state index contributed by atoms with van der Waals surface area (Å²) < 4.78 is 1.68. The van der Waals surface area contributed by atoms with Gasteiger partial charge < -0.3 is 4.90 Å². The van der Waals surface area contributed by atoms with Crippen LogP contribution in [0.4, 0.5) is 0 Å². The molecule has 0 saturated carbocycles. The minimum Gasteiger partial charge on any atom is -0.338 e. The Labute approximate surface area is 101 Å². The second kappa shape index (κ2) is 5.89. The Morgan fingerprint density at radius 3 is 2.75 bits per heavy atom. The molecule has 1 aromatic heterocycles. The molecule has 1 aromatic rings. The first kappa shape index (κ1) is 13.0. The molecule has 0 aromatic carbocycles. The minimum atomic E-state index is 0.0214. The van der Waals surface area contributed by atoms with Crippen LogP contribution < -0.4 is 0 Å². The molecular formula is C11H18ClN3O. The molecule has 0 aliphatic carbocycles. The molecule has 1 heterocycles. The number of amides is 1. The van der Waals surface area contributed by atoms with Crippen LogP contribution in [0.3, 0.4) is 0 Å². The maximum atomic E-state index is 12.2. The van der Waals surface area contributed by atoms with Crippen LogP contribution in [0.25, 0.3) is 0 Å². The highest BCUT2D eigenvalue weighted by Crippen LogP contribution is 2.10. The number of halogens is 1. The van der Waals surface area contributed by atoms with Crippen LogP contribution in [0.5, 0.6) is 0 Å². The number of nitrogens with zero attached hydrogens (tertiary/aromatic N) is 3. The smallest absolute Gasteiger partial charge is 0.257 e. The van der Waals surface area contributed by atoms with Crippen molar-refractivity contribution in [2.24, 2.45) is 7.05 Å². The summed E-state index contributed by atoms with van der Waals surface area (Å²) in [6.07, 6.45) is 2.54. The zero-order chi connectivity index (χ0) is 12.1. The predicted molar refractivity (Wildman–Crippen MR) is 64.9 cm³/mol. The number of aromatic nitrogens is 2. The van der Waals surface area contributed by atoms with Crippen molar-refractivity contribution in [3.63, 3.8) is 0 Å². The molecule has 4 nitrogen and oxygen atoms in total. The van der Waals surface area contributed by atoms with Crippen molar-refractivity contribution in [3.05, 3.63) is 17.5 Å². The van der Waals surface area contributed by atoms with E-state index >= 15 is 0 Å². The SMILES string of the molecule is CCc1nn(C)cc1C(=O)N(CC)CCCl. The summed E-state index contributed by atoms with van der Waals surface area (Å²) in [5.41, 5.74) is 1.54. The van der Waals surface area contributed by atoms with Gasteiger partial charge in [0.2, 0.25) is 0 Å². The van der Waals surface area contributed by atoms with Crippen LogP contribution in [-0.4, -0.2) is 39.6 Å². The van der Waals surface area contributed by atoms with Gasteiger partial charge in [0.25, 0.3) is 5.91 Å². The van der Waals surface area contributed by atoms with Gasteiger partial charge >= 0.3 is 0 Å².